The molecule has 1 N–H and O–H groups in total. The molecular weight excluding hydrogens is 434 g/mol. The van der Waals surface area contributed by atoms with E-state index in [1.54, 1.807) is 30.3 Å². The monoisotopic (exact) mass is 453 g/mol. The lowest BCUT2D eigenvalue weighted by atomic mass is 10.2. The molecule has 0 unspecified atom stereocenters. The van der Waals surface area contributed by atoms with Crippen LogP contribution in [0.5, 0.6) is 11.5 Å². The summed E-state index contributed by atoms with van der Waals surface area (Å²) in [5.74, 6) is 0.858. The Labute approximate surface area is 177 Å². The van der Waals surface area contributed by atoms with Crippen LogP contribution in [-0.4, -0.2) is 25.3 Å². The zero-order valence-corrected chi connectivity index (χ0v) is 17.2. The normalized spacial score (nSPS) is 10.2. The average molecular weight is 454 g/mol. The summed E-state index contributed by atoms with van der Waals surface area (Å²) in [4.78, 5) is 23.3. The number of aldehydes is 1. The molecule has 0 fully saturated rings. The number of halogens is 1. The van der Waals surface area contributed by atoms with Gasteiger partial charge in [-0.2, -0.15) is 0 Å². The van der Waals surface area contributed by atoms with Crippen molar-refractivity contribution < 1.29 is 19.1 Å². The summed E-state index contributed by atoms with van der Waals surface area (Å²) < 4.78 is 12.5. The van der Waals surface area contributed by atoms with Crippen molar-refractivity contribution in [3.8, 4) is 11.5 Å². The van der Waals surface area contributed by atoms with Gasteiger partial charge in [0.15, 0.2) is 6.29 Å². The third-order valence-corrected chi connectivity index (χ3v) is 4.92. The fourth-order valence-electron chi connectivity index (χ4n) is 2.62. The highest BCUT2D eigenvalue weighted by atomic mass is 79.9. The number of ether oxygens (including phenoxy) is 2. The number of hydrogen-bond donors (Lipinski definition) is 1. The van der Waals surface area contributed by atoms with Gasteiger partial charge in [-0.25, -0.2) is 0 Å². The summed E-state index contributed by atoms with van der Waals surface area (Å²) in [6.45, 7) is 0.970. The van der Waals surface area contributed by atoms with Gasteiger partial charge in [0.2, 0.25) is 0 Å². The van der Waals surface area contributed by atoms with E-state index in [9.17, 15) is 9.59 Å². The van der Waals surface area contributed by atoms with Crippen LogP contribution < -0.4 is 14.8 Å². The highest BCUT2D eigenvalue weighted by molar-refractivity contribution is 9.10. The molecule has 0 saturated heterocycles. The molecule has 148 valence electrons. The molecule has 3 aromatic carbocycles. The summed E-state index contributed by atoms with van der Waals surface area (Å²) in [7, 11) is 0. The van der Waals surface area contributed by atoms with Crippen molar-refractivity contribution in [1.29, 1.82) is 0 Å². The predicted molar refractivity (Wildman–Crippen MR) is 115 cm³/mol. The molecule has 0 spiro atoms. The van der Waals surface area contributed by atoms with Gasteiger partial charge in [0.1, 0.15) is 24.7 Å². The standard InChI is InChI=1S/C23H20BrNO4/c24-21-9-5-4-8-19(21)16-29-22-14-20(11-10-18(22)15-26)28-13-12-25-23(27)17-6-2-1-3-7-17/h1-11,14-15H,12-13,16H2,(H,25,27). The molecular formula is C23H20BrNO4. The first-order valence-corrected chi connectivity index (χ1v) is 9.88. The molecule has 0 bridgehead atoms. The molecule has 0 heterocycles. The van der Waals surface area contributed by atoms with Gasteiger partial charge < -0.3 is 14.8 Å². The molecule has 0 aliphatic rings. The fraction of sp³-hybridized carbons (Fsp3) is 0.130. The maximum Gasteiger partial charge on any atom is 0.251 e. The number of carbonyl (C=O) groups is 2. The lowest BCUT2D eigenvalue weighted by molar-refractivity contribution is 0.0946. The molecule has 0 aromatic heterocycles. The second kappa shape index (κ2) is 10.4. The Kier molecular flexibility index (Phi) is 7.41. The Morgan fingerprint density at radius 3 is 2.48 bits per heavy atom. The molecule has 0 aliphatic heterocycles. The second-order valence-electron chi connectivity index (χ2n) is 6.17. The van der Waals surface area contributed by atoms with Gasteiger partial charge >= 0.3 is 0 Å². The smallest absolute Gasteiger partial charge is 0.251 e. The Hall–Kier alpha value is -3.12. The van der Waals surface area contributed by atoms with Gasteiger partial charge in [0.05, 0.1) is 12.1 Å². The van der Waals surface area contributed by atoms with Crippen LogP contribution in [0.1, 0.15) is 26.3 Å². The molecule has 0 atom stereocenters. The quantitative estimate of drug-likeness (QED) is 0.378. The van der Waals surface area contributed by atoms with E-state index in [1.165, 1.54) is 0 Å². The Morgan fingerprint density at radius 1 is 0.966 bits per heavy atom. The van der Waals surface area contributed by atoms with Gasteiger partial charge in [-0.05, 0) is 30.3 Å². The molecule has 1 amide bonds. The number of carbonyl (C=O) groups excluding carboxylic acids is 2. The molecule has 6 heteroatoms. The minimum Gasteiger partial charge on any atom is -0.492 e. The van der Waals surface area contributed by atoms with E-state index < -0.39 is 0 Å². The Balaban J connectivity index is 1.55. The summed E-state index contributed by atoms with van der Waals surface area (Å²) in [6, 6.07) is 21.8. The number of rotatable bonds is 9. The van der Waals surface area contributed by atoms with Gasteiger partial charge in [-0.1, -0.05) is 52.3 Å². The van der Waals surface area contributed by atoms with Crippen molar-refractivity contribution in [1.82, 2.24) is 5.32 Å². The Bertz CT molecular complexity index is 976. The highest BCUT2D eigenvalue weighted by Gasteiger charge is 2.08. The first kappa shape index (κ1) is 20.6. The fourth-order valence-corrected chi connectivity index (χ4v) is 3.02. The number of benzene rings is 3. The van der Waals surface area contributed by atoms with E-state index in [1.807, 2.05) is 42.5 Å². The average Bonchev–Trinajstić information content (AvgIpc) is 2.76. The zero-order chi connectivity index (χ0) is 20.5. The lowest BCUT2D eigenvalue weighted by Gasteiger charge is -2.12. The van der Waals surface area contributed by atoms with E-state index >= 15 is 0 Å². The van der Waals surface area contributed by atoms with Crippen molar-refractivity contribution in [2.24, 2.45) is 0 Å². The lowest BCUT2D eigenvalue weighted by Crippen LogP contribution is -2.28. The first-order valence-electron chi connectivity index (χ1n) is 9.09. The van der Waals surface area contributed by atoms with Crippen LogP contribution in [-0.2, 0) is 6.61 Å². The summed E-state index contributed by atoms with van der Waals surface area (Å²) in [5.41, 5.74) is 2.02. The first-order chi connectivity index (χ1) is 14.2. The van der Waals surface area contributed by atoms with Crippen molar-refractivity contribution in [2.45, 2.75) is 6.61 Å². The summed E-state index contributed by atoms with van der Waals surface area (Å²) >= 11 is 3.48. The van der Waals surface area contributed by atoms with E-state index in [2.05, 4.69) is 21.2 Å². The minimum atomic E-state index is -0.150. The van der Waals surface area contributed by atoms with E-state index in [4.69, 9.17) is 9.47 Å². The third-order valence-electron chi connectivity index (χ3n) is 4.15. The van der Waals surface area contributed by atoms with Crippen LogP contribution >= 0.6 is 15.9 Å². The number of nitrogens with one attached hydrogen (secondary N) is 1. The summed E-state index contributed by atoms with van der Waals surface area (Å²) in [6.07, 6.45) is 0.749. The molecule has 0 radical (unpaired) electrons. The Morgan fingerprint density at radius 2 is 1.72 bits per heavy atom. The van der Waals surface area contributed by atoms with E-state index in [0.717, 1.165) is 16.3 Å². The van der Waals surface area contributed by atoms with Crippen molar-refractivity contribution >= 4 is 28.1 Å². The SMILES string of the molecule is O=Cc1ccc(OCCNC(=O)c2ccccc2)cc1OCc1ccccc1Br. The van der Waals surface area contributed by atoms with Gasteiger partial charge in [0.25, 0.3) is 5.91 Å². The second-order valence-corrected chi connectivity index (χ2v) is 7.02. The molecule has 0 aliphatic carbocycles. The summed E-state index contributed by atoms with van der Waals surface area (Å²) in [5, 5.41) is 2.80. The van der Waals surface area contributed by atoms with Crippen molar-refractivity contribution in [2.75, 3.05) is 13.2 Å². The largest absolute Gasteiger partial charge is 0.492 e. The minimum absolute atomic E-state index is 0.150. The van der Waals surface area contributed by atoms with Crippen LogP contribution in [0, 0.1) is 0 Å². The van der Waals surface area contributed by atoms with Gasteiger partial charge in [0, 0.05) is 21.7 Å². The number of amides is 1. The molecule has 0 saturated carbocycles. The zero-order valence-electron chi connectivity index (χ0n) is 15.6. The van der Waals surface area contributed by atoms with Crippen LogP contribution in [0.3, 0.4) is 0 Å². The molecule has 3 aromatic rings. The maximum atomic E-state index is 12.0. The van der Waals surface area contributed by atoms with Crippen molar-refractivity contribution in [3.63, 3.8) is 0 Å². The maximum absolute atomic E-state index is 12.0. The van der Waals surface area contributed by atoms with E-state index in [-0.39, 0.29) is 5.91 Å². The van der Waals surface area contributed by atoms with Crippen LogP contribution in [0.2, 0.25) is 0 Å². The van der Waals surface area contributed by atoms with E-state index in [0.29, 0.717) is 42.4 Å². The highest BCUT2D eigenvalue weighted by Crippen LogP contribution is 2.26. The molecule has 5 nitrogen and oxygen atoms in total. The van der Waals surface area contributed by atoms with Gasteiger partial charge in [-0.15, -0.1) is 0 Å². The topological polar surface area (TPSA) is 64.6 Å². The number of hydrogen-bond acceptors (Lipinski definition) is 4. The van der Waals surface area contributed by atoms with Crippen LogP contribution in [0.25, 0.3) is 0 Å². The molecule has 29 heavy (non-hydrogen) atoms. The predicted octanol–water partition coefficient (Wildman–Crippen LogP) is 4.65. The van der Waals surface area contributed by atoms with Crippen LogP contribution in [0.15, 0.2) is 77.3 Å². The third kappa shape index (κ3) is 5.93. The van der Waals surface area contributed by atoms with Gasteiger partial charge in [-0.3, -0.25) is 9.59 Å². The molecule has 3 rings (SSSR count). The van der Waals surface area contributed by atoms with Crippen LogP contribution in [0.4, 0.5) is 0 Å². The van der Waals surface area contributed by atoms with Crippen molar-refractivity contribution in [3.05, 3.63) is 94.0 Å².